The van der Waals surface area contributed by atoms with Crippen LogP contribution in [0.15, 0.2) is 30.9 Å². The zero-order chi connectivity index (χ0) is 9.97. The zero-order valence-corrected chi connectivity index (χ0v) is 7.20. The minimum absolute atomic E-state index is 0.472. The summed E-state index contributed by atoms with van der Waals surface area (Å²) in [6.45, 7) is 0. The van der Waals surface area contributed by atoms with E-state index in [4.69, 9.17) is 0 Å². The van der Waals surface area contributed by atoms with Crippen LogP contribution in [0.1, 0.15) is 11.4 Å². The Morgan fingerprint density at radius 1 is 0.929 bits per heavy atom. The molecular formula is C8H8N2O4. The number of H-pyrrole nitrogens is 2. The molecule has 74 valence electrons. The molecule has 2 aromatic heterocycles. The first-order chi connectivity index (χ1) is 6.74. The zero-order valence-electron chi connectivity index (χ0n) is 7.20. The van der Waals surface area contributed by atoms with E-state index in [-0.39, 0.29) is 0 Å². The van der Waals surface area contributed by atoms with Crippen molar-refractivity contribution in [2.45, 2.75) is 12.8 Å². The smallest absolute Gasteiger partial charge is 0.416 e. The number of aromatic nitrogens is 2. The Morgan fingerprint density at radius 3 is 1.64 bits per heavy atom. The van der Waals surface area contributed by atoms with Crippen LogP contribution in [-0.2, 0) is 12.8 Å². The molecule has 0 aliphatic carbocycles. The van der Waals surface area contributed by atoms with Gasteiger partial charge in [0.05, 0.1) is 11.4 Å². The van der Waals surface area contributed by atoms with Gasteiger partial charge in [0.2, 0.25) is 0 Å². The Balaban J connectivity index is 2.01. The fourth-order valence-electron chi connectivity index (χ4n) is 1.14. The summed E-state index contributed by atoms with van der Waals surface area (Å²) in [6, 6.07) is 0. The van der Waals surface area contributed by atoms with Gasteiger partial charge in [-0.1, -0.05) is 0 Å². The van der Waals surface area contributed by atoms with Crippen LogP contribution in [0.3, 0.4) is 0 Å². The van der Waals surface area contributed by atoms with E-state index in [0.717, 1.165) is 0 Å². The number of aromatic amines is 2. The van der Waals surface area contributed by atoms with Gasteiger partial charge < -0.3 is 8.83 Å². The van der Waals surface area contributed by atoms with Crippen LogP contribution in [0.5, 0.6) is 0 Å². The summed E-state index contributed by atoms with van der Waals surface area (Å²) in [5.74, 6) is -0.943. The average Bonchev–Trinajstić information content (AvgIpc) is 2.72. The summed E-state index contributed by atoms with van der Waals surface area (Å²) < 4.78 is 9.10. The normalized spacial score (nSPS) is 10.6. The van der Waals surface area contributed by atoms with Gasteiger partial charge in [-0.3, -0.25) is 9.97 Å². The third kappa shape index (κ3) is 1.85. The molecule has 0 aliphatic rings. The van der Waals surface area contributed by atoms with Crippen molar-refractivity contribution in [3.05, 3.63) is 45.0 Å². The maximum Gasteiger partial charge on any atom is 0.416 e. The van der Waals surface area contributed by atoms with Crippen LogP contribution in [0.4, 0.5) is 0 Å². The van der Waals surface area contributed by atoms with Gasteiger partial charge in [0.1, 0.15) is 12.5 Å². The molecule has 0 aliphatic heterocycles. The fourth-order valence-corrected chi connectivity index (χ4v) is 1.14. The molecule has 0 fully saturated rings. The van der Waals surface area contributed by atoms with Crippen molar-refractivity contribution in [3.8, 4) is 0 Å². The summed E-state index contributed by atoms with van der Waals surface area (Å²) in [5, 5.41) is 0. The van der Waals surface area contributed by atoms with Crippen LogP contribution >= 0.6 is 0 Å². The summed E-state index contributed by atoms with van der Waals surface area (Å²) >= 11 is 0. The molecule has 0 saturated carbocycles. The highest BCUT2D eigenvalue weighted by Gasteiger charge is 2.01. The van der Waals surface area contributed by atoms with Gasteiger partial charge in [0.15, 0.2) is 0 Å². The van der Waals surface area contributed by atoms with Gasteiger partial charge in [0, 0.05) is 0 Å². The molecule has 0 saturated heterocycles. The van der Waals surface area contributed by atoms with Gasteiger partial charge in [-0.25, -0.2) is 9.59 Å². The van der Waals surface area contributed by atoms with Crippen LogP contribution in [0.25, 0.3) is 0 Å². The van der Waals surface area contributed by atoms with Gasteiger partial charge in [-0.15, -0.1) is 0 Å². The maximum absolute atomic E-state index is 10.6. The molecule has 0 radical (unpaired) electrons. The minimum Gasteiger partial charge on any atom is -0.416 e. The Hall–Kier alpha value is -1.98. The second-order valence-electron chi connectivity index (χ2n) is 2.85. The predicted octanol–water partition coefficient (Wildman–Crippen LogP) is 0.0344. The number of rotatable bonds is 3. The topological polar surface area (TPSA) is 92.0 Å². The van der Waals surface area contributed by atoms with Gasteiger partial charge in [-0.05, 0) is 12.8 Å². The van der Waals surface area contributed by atoms with Crippen molar-refractivity contribution in [1.29, 1.82) is 0 Å². The molecule has 2 aromatic rings. The van der Waals surface area contributed by atoms with Gasteiger partial charge in [0.25, 0.3) is 0 Å². The molecule has 0 atom stereocenters. The van der Waals surface area contributed by atoms with E-state index in [1.54, 1.807) is 0 Å². The largest absolute Gasteiger partial charge is 0.416 e. The first-order valence-corrected chi connectivity index (χ1v) is 4.07. The second kappa shape index (κ2) is 3.41. The Kier molecular flexibility index (Phi) is 2.10. The lowest BCUT2D eigenvalue weighted by atomic mass is 10.2. The quantitative estimate of drug-likeness (QED) is 0.724. The average molecular weight is 196 g/mol. The molecule has 6 nitrogen and oxygen atoms in total. The molecule has 0 amide bonds. The molecule has 0 bridgehead atoms. The molecule has 0 aromatic carbocycles. The summed E-state index contributed by atoms with van der Waals surface area (Å²) in [6.07, 6.45) is 3.89. The molecule has 0 spiro atoms. The highest BCUT2D eigenvalue weighted by Crippen LogP contribution is 1.99. The van der Waals surface area contributed by atoms with Crippen molar-refractivity contribution in [1.82, 2.24) is 9.97 Å². The Morgan fingerprint density at radius 2 is 1.36 bits per heavy atom. The van der Waals surface area contributed by atoms with E-state index in [9.17, 15) is 9.59 Å². The lowest BCUT2D eigenvalue weighted by Gasteiger charge is -1.91. The first-order valence-electron chi connectivity index (χ1n) is 4.07. The van der Waals surface area contributed by atoms with E-state index >= 15 is 0 Å². The highest BCUT2D eigenvalue weighted by atomic mass is 16.4. The van der Waals surface area contributed by atoms with Gasteiger partial charge in [-0.2, -0.15) is 0 Å². The maximum atomic E-state index is 10.6. The summed E-state index contributed by atoms with van der Waals surface area (Å²) in [4.78, 5) is 26.2. The van der Waals surface area contributed by atoms with Crippen molar-refractivity contribution in [2.75, 3.05) is 0 Å². The van der Waals surface area contributed by atoms with E-state index in [2.05, 4.69) is 18.8 Å². The van der Waals surface area contributed by atoms with Crippen molar-refractivity contribution in [3.63, 3.8) is 0 Å². The fraction of sp³-hybridized carbons (Fsp3) is 0.250. The Labute approximate surface area is 77.6 Å². The molecule has 14 heavy (non-hydrogen) atoms. The third-order valence-electron chi connectivity index (χ3n) is 1.81. The lowest BCUT2D eigenvalue weighted by molar-refractivity contribution is 0.513. The van der Waals surface area contributed by atoms with Crippen molar-refractivity contribution < 1.29 is 8.83 Å². The van der Waals surface area contributed by atoms with Crippen LogP contribution in [-0.4, -0.2) is 9.97 Å². The van der Waals surface area contributed by atoms with Crippen molar-refractivity contribution in [2.24, 2.45) is 0 Å². The van der Waals surface area contributed by atoms with Crippen LogP contribution in [0, 0.1) is 0 Å². The monoisotopic (exact) mass is 196 g/mol. The molecule has 0 unspecified atom stereocenters. The van der Waals surface area contributed by atoms with Crippen molar-refractivity contribution >= 4 is 0 Å². The number of oxazole rings is 2. The summed E-state index contributed by atoms with van der Waals surface area (Å²) in [5.41, 5.74) is 1.38. The second-order valence-corrected chi connectivity index (χ2v) is 2.85. The number of hydrogen-bond donors (Lipinski definition) is 2. The van der Waals surface area contributed by atoms with Crippen LogP contribution in [0.2, 0.25) is 0 Å². The molecule has 6 heteroatoms. The van der Waals surface area contributed by atoms with E-state index < -0.39 is 11.5 Å². The lowest BCUT2D eigenvalue weighted by Crippen LogP contribution is -2.00. The SMILES string of the molecule is O=c1[nH]c(CCc2coc(=O)[nH]2)co1. The molecule has 2 heterocycles. The molecule has 2 rings (SSSR count). The van der Waals surface area contributed by atoms with Crippen LogP contribution < -0.4 is 11.5 Å². The molecule has 2 N–H and O–H groups in total. The van der Waals surface area contributed by atoms with E-state index in [1.807, 2.05) is 0 Å². The predicted molar refractivity (Wildman–Crippen MR) is 46.1 cm³/mol. The van der Waals surface area contributed by atoms with E-state index in [0.29, 0.717) is 24.2 Å². The van der Waals surface area contributed by atoms with E-state index in [1.165, 1.54) is 12.5 Å². The molecular weight excluding hydrogens is 188 g/mol. The standard InChI is InChI=1S/C8H8N2O4/c11-7-9-5(3-13-7)1-2-6-4-14-8(12)10-6/h3-4H,1-2H2,(H,9,11)(H,10,12). The third-order valence-corrected chi connectivity index (χ3v) is 1.81. The number of aryl methyl sites for hydroxylation is 2. The Bertz CT molecular complexity index is 467. The minimum atomic E-state index is -0.472. The number of hydrogen-bond acceptors (Lipinski definition) is 4. The highest BCUT2D eigenvalue weighted by molar-refractivity contribution is 4.98. The summed E-state index contributed by atoms with van der Waals surface area (Å²) in [7, 11) is 0. The number of nitrogens with one attached hydrogen (secondary N) is 2. The van der Waals surface area contributed by atoms with Gasteiger partial charge >= 0.3 is 11.5 Å². The first kappa shape index (κ1) is 8.61.